The van der Waals surface area contributed by atoms with E-state index in [4.69, 9.17) is 14.2 Å². The Morgan fingerprint density at radius 3 is 2.12 bits per heavy atom. The number of ether oxygens (including phenoxy) is 3. The van der Waals surface area contributed by atoms with Crippen LogP contribution in [0.15, 0.2) is 54.6 Å². The molecule has 0 saturated carbocycles. The van der Waals surface area contributed by atoms with E-state index in [0.29, 0.717) is 27.7 Å². The van der Waals surface area contributed by atoms with Crippen LogP contribution in [0, 0.1) is 5.92 Å². The van der Waals surface area contributed by atoms with E-state index in [0.717, 1.165) is 25.9 Å². The first kappa shape index (κ1) is 31.3. The number of hydrogen-bond acceptors (Lipinski definition) is 7. The van der Waals surface area contributed by atoms with Crippen LogP contribution in [0.5, 0.6) is 0 Å². The minimum atomic E-state index is -1.01. The van der Waals surface area contributed by atoms with Gasteiger partial charge in [0, 0.05) is 24.3 Å². The highest BCUT2D eigenvalue weighted by atomic mass is 79.9. The smallest absolute Gasteiger partial charge is 0.408 e. The van der Waals surface area contributed by atoms with Crippen molar-refractivity contribution in [1.82, 2.24) is 5.32 Å². The lowest BCUT2D eigenvalue weighted by molar-refractivity contribution is -0.938. The van der Waals surface area contributed by atoms with Gasteiger partial charge in [0.15, 0.2) is 12.1 Å². The minimum Gasteiger partial charge on any atom is -1.00 e. The molecule has 2 aromatic rings. The molecule has 1 amide bonds. The summed E-state index contributed by atoms with van der Waals surface area (Å²) in [5, 5.41) is 2.68. The number of carbonyl (C=O) groups excluding carboxylic acids is 4. The number of esters is 2. The molecule has 216 valence electrons. The molecule has 1 unspecified atom stereocenters. The van der Waals surface area contributed by atoms with Gasteiger partial charge in [0.05, 0.1) is 25.8 Å². The number of carbonyl (C=O) groups is 4. The Morgan fingerprint density at radius 2 is 1.55 bits per heavy atom. The minimum absolute atomic E-state index is 0. The normalized spacial score (nSPS) is 22.3. The fourth-order valence-electron chi connectivity index (χ4n) is 5.45. The van der Waals surface area contributed by atoms with Gasteiger partial charge in [-0.05, 0) is 38.5 Å². The summed E-state index contributed by atoms with van der Waals surface area (Å²) in [5.74, 6) is -0.811. The van der Waals surface area contributed by atoms with Gasteiger partial charge in [0.2, 0.25) is 5.78 Å². The van der Waals surface area contributed by atoms with Gasteiger partial charge in [0.25, 0.3) is 0 Å². The SMILES string of the molecule is COC(=O)c1ccc(C(=O)C[N+]23CCC(CC2)[C@@H](OC(=O)C(NC(=O)OC(C)(C)C)c2ccccc2)C3)cc1.[Br-]. The lowest BCUT2D eigenvalue weighted by Gasteiger charge is -2.51. The second kappa shape index (κ2) is 13.0. The number of halogens is 1. The van der Waals surface area contributed by atoms with Crippen molar-refractivity contribution in [2.75, 3.05) is 33.3 Å². The average Bonchev–Trinajstić information content (AvgIpc) is 2.91. The monoisotopic (exact) mass is 616 g/mol. The van der Waals surface area contributed by atoms with E-state index in [-0.39, 0.29) is 41.3 Å². The van der Waals surface area contributed by atoms with Crippen LogP contribution in [0.4, 0.5) is 4.79 Å². The highest BCUT2D eigenvalue weighted by Gasteiger charge is 2.49. The van der Waals surface area contributed by atoms with Crippen molar-refractivity contribution < 1.29 is 54.9 Å². The molecule has 3 heterocycles. The van der Waals surface area contributed by atoms with E-state index in [1.54, 1.807) is 69.3 Å². The van der Waals surface area contributed by atoms with Crippen molar-refractivity contribution in [2.45, 2.75) is 51.4 Å². The number of rotatable bonds is 8. The third kappa shape index (κ3) is 7.69. The summed E-state index contributed by atoms with van der Waals surface area (Å²) in [4.78, 5) is 50.9. The Morgan fingerprint density at radius 1 is 0.950 bits per heavy atom. The van der Waals surface area contributed by atoms with Crippen LogP contribution in [0.2, 0.25) is 0 Å². The third-order valence-corrected chi connectivity index (χ3v) is 7.45. The van der Waals surface area contributed by atoms with E-state index in [2.05, 4.69) is 5.32 Å². The number of nitrogens with zero attached hydrogens (tertiary/aromatic N) is 1. The van der Waals surface area contributed by atoms with Gasteiger partial charge in [-0.1, -0.05) is 42.5 Å². The molecule has 3 fully saturated rings. The van der Waals surface area contributed by atoms with Crippen molar-refractivity contribution in [3.8, 4) is 0 Å². The van der Waals surface area contributed by atoms with Gasteiger partial charge in [0.1, 0.15) is 18.7 Å². The topological polar surface area (TPSA) is 108 Å². The maximum Gasteiger partial charge on any atom is 0.408 e. The van der Waals surface area contributed by atoms with Gasteiger partial charge in [-0.25, -0.2) is 14.4 Å². The first-order valence-corrected chi connectivity index (χ1v) is 13.3. The molecule has 10 heteroatoms. The highest BCUT2D eigenvalue weighted by Crippen LogP contribution is 2.36. The molecule has 2 aromatic carbocycles. The highest BCUT2D eigenvalue weighted by molar-refractivity contribution is 5.98. The molecule has 2 bridgehead atoms. The lowest BCUT2D eigenvalue weighted by atomic mass is 9.82. The maximum atomic E-state index is 13.4. The first-order chi connectivity index (χ1) is 18.5. The summed E-state index contributed by atoms with van der Waals surface area (Å²) >= 11 is 0. The van der Waals surface area contributed by atoms with Gasteiger partial charge >= 0.3 is 18.0 Å². The van der Waals surface area contributed by atoms with Gasteiger partial charge in [-0.15, -0.1) is 0 Å². The molecule has 0 aromatic heterocycles. The molecule has 40 heavy (non-hydrogen) atoms. The second-order valence-corrected chi connectivity index (χ2v) is 11.4. The van der Waals surface area contributed by atoms with Crippen LogP contribution in [-0.4, -0.2) is 73.3 Å². The Bertz CT molecular complexity index is 1200. The van der Waals surface area contributed by atoms with Crippen LogP contribution in [0.25, 0.3) is 0 Å². The third-order valence-electron chi connectivity index (χ3n) is 7.45. The number of amides is 1. The van der Waals surface area contributed by atoms with E-state index in [1.807, 2.05) is 6.07 Å². The molecule has 0 aliphatic carbocycles. The molecule has 5 rings (SSSR count). The summed E-state index contributed by atoms with van der Waals surface area (Å²) in [6.07, 6.45) is 0.639. The van der Waals surface area contributed by atoms with E-state index < -0.39 is 29.7 Å². The summed E-state index contributed by atoms with van der Waals surface area (Å²) in [6.45, 7) is 7.77. The van der Waals surface area contributed by atoms with Crippen molar-refractivity contribution in [3.63, 3.8) is 0 Å². The van der Waals surface area contributed by atoms with Crippen LogP contribution >= 0.6 is 0 Å². The molecule has 3 aliphatic rings. The predicted octanol–water partition coefficient (Wildman–Crippen LogP) is 1.08. The van der Waals surface area contributed by atoms with Crippen molar-refractivity contribution >= 4 is 23.8 Å². The number of fused-ring (bicyclic) bond motifs is 3. The molecule has 0 spiro atoms. The number of alkyl carbamates (subject to hydrolysis) is 1. The largest absolute Gasteiger partial charge is 1.00 e. The second-order valence-electron chi connectivity index (χ2n) is 11.4. The molecular weight excluding hydrogens is 580 g/mol. The number of quaternary nitrogens is 1. The number of nitrogens with one attached hydrogen (secondary N) is 1. The summed E-state index contributed by atoms with van der Waals surface area (Å²) in [7, 11) is 1.32. The Balaban J connectivity index is 0.00000441. The average molecular weight is 618 g/mol. The zero-order chi connectivity index (χ0) is 28.2. The van der Waals surface area contributed by atoms with Crippen LogP contribution < -0.4 is 22.3 Å². The Labute approximate surface area is 245 Å². The summed E-state index contributed by atoms with van der Waals surface area (Å²) in [6, 6.07) is 14.4. The first-order valence-electron chi connectivity index (χ1n) is 13.3. The Hall–Kier alpha value is -3.24. The maximum absolute atomic E-state index is 13.4. The molecule has 3 saturated heterocycles. The van der Waals surface area contributed by atoms with Crippen molar-refractivity contribution in [3.05, 3.63) is 71.3 Å². The standard InChI is InChI=1S/C30H36N2O7.BrH/c1-30(2,3)39-29(36)31-26(22-8-6-5-7-9-22)28(35)38-25-19-32(16-14-21(25)15-17-32)18-24(33)20-10-12-23(13-11-20)27(34)37-4;/h5-13,21,25-26H,14-19H2,1-4H3;1H/t21?,25-,26?,32?;/m0./s1. The molecule has 0 radical (unpaired) electrons. The van der Waals surface area contributed by atoms with Crippen LogP contribution in [-0.2, 0) is 19.0 Å². The summed E-state index contributed by atoms with van der Waals surface area (Å²) < 4.78 is 16.7. The number of methoxy groups -OCH3 is 1. The number of benzene rings is 2. The quantitative estimate of drug-likeness (QED) is 0.205. The molecule has 2 atom stereocenters. The van der Waals surface area contributed by atoms with Gasteiger partial charge < -0.3 is 41.0 Å². The van der Waals surface area contributed by atoms with Crippen molar-refractivity contribution in [2.24, 2.45) is 5.92 Å². The number of piperidine rings is 3. The van der Waals surface area contributed by atoms with Crippen LogP contribution in [0.3, 0.4) is 0 Å². The van der Waals surface area contributed by atoms with Crippen LogP contribution in [0.1, 0.15) is 65.9 Å². The van der Waals surface area contributed by atoms with E-state index in [9.17, 15) is 19.2 Å². The van der Waals surface area contributed by atoms with Crippen molar-refractivity contribution in [1.29, 1.82) is 0 Å². The molecule has 1 N–H and O–H groups in total. The fraction of sp³-hybridized carbons (Fsp3) is 0.467. The lowest BCUT2D eigenvalue weighted by Crippen LogP contribution is -3.00. The zero-order valence-corrected chi connectivity index (χ0v) is 24.9. The molecule has 3 aliphatic heterocycles. The van der Waals surface area contributed by atoms with E-state index in [1.165, 1.54) is 7.11 Å². The fourth-order valence-corrected chi connectivity index (χ4v) is 5.45. The number of hydrogen-bond donors (Lipinski definition) is 1. The van der Waals surface area contributed by atoms with Gasteiger partial charge in [-0.3, -0.25) is 4.79 Å². The molecule has 9 nitrogen and oxygen atoms in total. The summed E-state index contributed by atoms with van der Waals surface area (Å²) in [5.41, 5.74) is 0.805. The van der Waals surface area contributed by atoms with E-state index >= 15 is 0 Å². The molecular formula is C30H37BrN2O7. The van der Waals surface area contributed by atoms with Gasteiger partial charge in [-0.2, -0.15) is 0 Å². The zero-order valence-electron chi connectivity index (χ0n) is 23.4. The predicted molar refractivity (Wildman–Crippen MR) is 143 cm³/mol. The number of Topliss-reactive ketones (excluding diaryl/α,β-unsaturated/α-hetero) is 1. The number of ketones is 1. The Kier molecular flexibility index (Phi) is 10.1.